The minimum atomic E-state index is 0. The van der Waals surface area contributed by atoms with Crippen LogP contribution in [-0.2, 0) is 6.54 Å². The highest BCUT2D eigenvalue weighted by atomic mass is 127. The summed E-state index contributed by atoms with van der Waals surface area (Å²) in [6, 6.07) is 17.5. The van der Waals surface area contributed by atoms with Crippen molar-refractivity contribution in [2.45, 2.75) is 19.4 Å². The van der Waals surface area contributed by atoms with Crippen molar-refractivity contribution in [3.05, 3.63) is 83.1 Å². The Hall–Kier alpha value is -2.10. The molecule has 3 aromatic rings. The fourth-order valence-corrected chi connectivity index (χ4v) is 3.05. The second-order valence-corrected chi connectivity index (χ2v) is 7.07. The Bertz CT molecular complexity index is 915. The van der Waals surface area contributed by atoms with Gasteiger partial charge >= 0.3 is 0 Å². The molecule has 0 saturated heterocycles. The lowest BCUT2D eigenvalue weighted by molar-refractivity contribution is 0.265. The third-order valence-corrected chi connectivity index (χ3v) is 4.75. The highest BCUT2D eigenvalue weighted by Gasteiger charge is 2.11. The molecule has 0 amide bonds. The van der Waals surface area contributed by atoms with E-state index in [1.807, 2.05) is 73.9 Å². The predicted octanol–water partition coefficient (Wildman–Crippen LogP) is 3.97. The molecule has 0 spiro atoms. The van der Waals surface area contributed by atoms with Crippen molar-refractivity contribution in [3.63, 3.8) is 0 Å². The topological polar surface area (TPSA) is 74.5 Å². The molecular formula is C22H27ClIN5O. The zero-order valence-electron chi connectivity index (χ0n) is 16.8. The van der Waals surface area contributed by atoms with E-state index in [0.29, 0.717) is 24.1 Å². The van der Waals surface area contributed by atoms with Gasteiger partial charge in [0.15, 0.2) is 5.96 Å². The van der Waals surface area contributed by atoms with Gasteiger partial charge < -0.3 is 15.7 Å². The van der Waals surface area contributed by atoms with Gasteiger partial charge in [0.25, 0.3) is 0 Å². The Morgan fingerprint density at radius 3 is 2.53 bits per heavy atom. The van der Waals surface area contributed by atoms with Crippen LogP contribution in [0, 0.1) is 0 Å². The summed E-state index contributed by atoms with van der Waals surface area (Å²) in [4.78, 5) is 4.64. The first-order valence-corrected chi connectivity index (χ1v) is 10.0. The normalized spacial score (nSPS) is 12.2. The summed E-state index contributed by atoms with van der Waals surface area (Å²) in [6.07, 6.45) is 3.76. The maximum Gasteiger partial charge on any atom is 0.191 e. The number of hydrogen-bond donors (Lipinski definition) is 3. The second-order valence-electron chi connectivity index (χ2n) is 6.64. The number of guanidine groups is 1. The van der Waals surface area contributed by atoms with E-state index in [2.05, 4.69) is 20.7 Å². The van der Waals surface area contributed by atoms with Crippen LogP contribution in [0.4, 0.5) is 0 Å². The van der Waals surface area contributed by atoms with Crippen LogP contribution in [0.2, 0.25) is 5.02 Å². The standard InChI is InChI=1S/C22H26ClN5O.HI/c1-2-24-22(26-14-19(16-29)18-6-4-3-5-7-18)25-12-17-13-27-28(15-17)21-10-8-20(23)9-11-21;/h3-11,13,15,19,29H,2,12,14,16H2,1H3,(H2,24,25,26);1H. The van der Waals surface area contributed by atoms with Crippen molar-refractivity contribution in [2.75, 3.05) is 19.7 Å². The lowest BCUT2D eigenvalue weighted by atomic mass is 10.0. The highest BCUT2D eigenvalue weighted by molar-refractivity contribution is 14.0. The molecular weight excluding hydrogens is 513 g/mol. The van der Waals surface area contributed by atoms with Gasteiger partial charge in [-0.15, -0.1) is 24.0 Å². The summed E-state index contributed by atoms with van der Waals surface area (Å²) in [5.41, 5.74) is 3.05. The lowest BCUT2D eigenvalue weighted by Gasteiger charge is -2.18. The molecule has 1 atom stereocenters. The Morgan fingerprint density at radius 1 is 1.13 bits per heavy atom. The first kappa shape index (κ1) is 24.2. The zero-order chi connectivity index (χ0) is 20.5. The van der Waals surface area contributed by atoms with Crippen molar-refractivity contribution in [1.29, 1.82) is 0 Å². The molecule has 2 aromatic carbocycles. The Balaban J connectivity index is 0.00000320. The summed E-state index contributed by atoms with van der Waals surface area (Å²) in [6.45, 7) is 3.94. The molecule has 0 aliphatic carbocycles. The summed E-state index contributed by atoms with van der Waals surface area (Å²) >= 11 is 5.94. The summed E-state index contributed by atoms with van der Waals surface area (Å²) in [5, 5.41) is 21.4. The van der Waals surface area contributed by atoms with Crippen LogP contribution in [0.1, 0.15) is 24.0 Å². The van der Waals surface area contributed by atoms with Gasteiger partial charge in [-0.2, -0.15) is 5.10 Å². The molecule has 1 aromatic heterocycles. The molecule has 3 rings (SSSR count). The van der Waals surface area contributed by atoms with Crippen molar-refractivity contribution in [1.82, 2.24) is 20.4 Å². The third kappa shape index (κ3) is 7.00. The fourth-order valence-electron chi connectivity index (χ4n) is 2.92. The minimum absolute atomic E-state index is 0. The summed E-state index contributed by atoms with van der Waals surface area (Å²) in [5.74, 6) is 0.717. The average molecular weight is 540 g/mol. The van der Waals surface area contributed by atoms with Crippen molar-refractivity contribution in [2.24, 2.45) is 4.99 Å². The first-order valence-electron chi connectivity index (χ1n) is 9.67. The van der Waals surface area contributed by atoms with Crippen LogP contribution in [0.3, 0.4) is 0 Å². The second kappa shape index (κ2) is 12.6. The molecule has 0 bridgehead atoms. The smallest absolute Gasteiger partial charge is 0.191 e. The van der Waals surface area contributed by atoms with E-state index in [1.165, 1.54) is 0 Å². The van der Waals surface area contributed by atoms with Gasteiger partial charge in [0.1, 0.15) is 0 Å². The molecule has 3 N–H and O–H groups in total. The Morgan fingerprint density at radius 2 is 1.87 bits per heavy atom. The molecule has 160 valence electrons. The van der Waals surface area contributed by atoms with Gasteiger partial charge in [0.2, 0.25) is 0 Å². The molecule has 1 heterocycles. The van der Waals surface area contributed by atoms with Crippen molar-refractivity contribution in [3.8, 4) is 5.69 Å². The van der Waals surface area contributed by atoms with Crippen LogP contribution in [0.5, 0.6) is 0 Å². The number of aliphatic hydroxyl groups excluding tert-OH is 1. The molecule has 0 aliphatic heterocycles. The van der Waals surface area contributed by atoms with E-state index in [1.54, 1.807) is 4.68 Å². The Kier molecular flexibility index (Phi) is 10.1. The maximum absolute atomic E-state index is 9.74. The van der Waals surface area contributed by atoms with Crippen LogP contribution in [-0.4, -0.2) is 40.5 Å². The molecule has 30 heavy (non-hydrogen) atoms. The molecule has 8 heteroatoms. The molecule has 0 radical (unpaired) electrons. The van der Waals surface area contributed by atoms with E-state index in [0.717, 1.165) is 23.4 Å². The number of nitrogens with zero attached hydrogens (tertiary/aromatic N) is 3. The SMILES string of the molecule is CCNC(=NCc1cnn(-c2ccc(Cl)cc2)c1)NCC(CO)c1ccccc1.I. The van der Waals surface area contributed by atoms with E-state index in [4.69, 9.17) is 11.6 Å². The molecule has 0 saturated carbocycles. The van der Waals surface area contributed by atoms with Crippen LogP contribution in [0.25, 0.3) is 5.69 Å². The number of aromatic nitrogens is 2. The zero-order valence-corrected chi connectivity index (χ0v) is 19.9. The largest absolute Gasteiger partial charge is 0.396 e. The van der Waals surface area contributed by atoms with Crippen molar-refractivity contribution >= 4 is 41.5 Å². The number of hydrogen-bond acceptors (Lipinski definition) is 3. The molecule has 1 unspecified atom stereocenters. The van der Waals surface area contributed by atoms with Gasteiger partial charge in [-0.3, -0.25) is 0 Å². The van der Waals surface area contributed by atoms with Gasteiger partial charge in [0, 0.05) is 35.8 Å². The molecule has 0 fully saturated rings. The number of aliphatic imine (C=N–C) groups is 1. The quantitative estimate of drug-likeness (QED) is 0.230. The summed E-state index contributed by atoms with van der Waals surface area (Å²) < 4.78 is 1.80. The minimum Gasteiger partial charge on any atom is -0.396 e. The first-order chi connectivity index (χ1) is 14.2. The van der Waals surface area contributed by atoms with Gasteiger partial charge in [-0.1, -0.05) is 41.9 Å². The van der Waals surface area contributed by atoms with Gasteiger partial charge in [-0.05, 0) is 36.8 Å². The number of halogens is 2. The van der Waals surface area contributed by atoms with Gasteiger partial charge in [0.05, 0.1) is 25.0 Å². The van der Waals surface area contributed by atoms with E-state index >= 15 is 0 Å². The van der Waals surface area contributed by atoms with E-state index in [-0.39, 0.29) is 36.5 Å². The lowest BCUT2D eigenvalue weighted by Crippen LogP contribution is -2.39. The van der Waals surface area contributed by atoms with E-state index < -0.39 is 0 Å². The van der Waals surface area contributed by atoms with E-state index in [9.17, 15) is 5.11 Å². The molecule has 6 nitrogen and oxygen atoms in total. The predicted molar refractivity (Wildman–Crippen MR) is 133 cm³/mol. The molecule has 0 aliphatic rings. The highest BCUT2D eigenvalue weighted by Crippen LogP contribution is 2.14. The van der Waals surface area contributed by atoms with Crippen molar-refractivity contribution < 1.29 is 5.11 Å². The van der Waals surface area contributed by atoms with Gasteiger partial charge in [-0.25, -0.2) is 9.67 Å². The van der Waals surface area contributed by atoms with Crippen LogP contribution < -0.4 is 10.6 Å². The van der Waals surface area contributed by atoms with Crippen LogP contribution >= 0.6 is 35.6 Å². The third-order valence-electron chi connectivity index (χ3n) is 4.50. The monoisotopic (exact) mass is 539 g/mol. The van der Waals surface area contributed by atoms with Crippen LogP contribution in [0.15, 0.2) is 72.0 Å². The summed E-state index contributed by atoms with van der Waals surface area (Å²) in [7, 11) is 0. The number of aliphatic hydroxyl groups is 1. The number of rotatable bonds is 8. The number of benzene rings is 2. The maximum atomic E-state index is 9.74. The fraction of sp³-hybridized carbons (Fsp3) is 0.273. The number of nitrogens with one attached hydrogen (secondary N) is 2. The average Bonchev–Trinajstić information content (AvgIpc) is 3.22. The Labute approximate surface area is 199 Å².